The Bertz CT molecular complexity index is 974. The quantitative estimate of drug-likeness (QED) is 0.423. The zero-order chi connectivity index (χ0) is 26.7. The van der Waals surface area contributed by atoms with Gasteiger partial charge in [0.2, 0.25) is 0 Å². The predicted molar refractivity (Wildman–Crippen MR) is 145 cm³/mol. The summed E-state index contributed by atoms with van der Waals surface area (Å²) in [6.07, 6.45) is 0.868. The van der Waals surface area contributed by atoms with E-state index >= 15 is 0 Å². The van der Waals surface area contributed by atoms with Crippen molar-refractivity contribution in [3.63, 3.8) is 0 Å². The number of nitrogens with zero attached hydrogens (tertiary/aromatic N) is 1. The fourth-order valence-electron chi connectivity index (χ4n) is 4.13. The highest BCUT2D eigenvalue weighted by Crippen LogP contribution is 2.42. The molecule has 2 aliphatic heterocycles. The molecule has 8 heteroatoms. The predicted octanol–water partition coefficient (Wildman–Crippen LogP) is 6.07. The van der Waals surface area contributed by atoms with Crippen LogP contribution in [0.25, 0.3) is 5.70 Å². The first-order valence-electron chi connectivity index (χ1n) is 12.6. The molecule has 6 nitrogen and oxygen atoms in total. The minimum absolute atomic E-state index is 0. The summed E-state index contributed by atoms with van der Waals surface area (Å²) < 4.78 is 45.1. The molecule has 2 atom stereocenters. The van der Waals surface area contributed by atoms with Crippen molar-refractivity contribution in [1.29, 1.82) is 0 Å². The van der Waals surface area contributed by atoms with Gasteiger partial charge in [-0.3, -0.25) is 0 Å². The minimum atomic E-state index is -2.91. The summed E-state index contributed by atoms with van der Waals surface area (Å²) >= 11 is 0. The number of ether oxygens (including phenoxy) is 3. The lowest BCUT2D eigenvalue weighted by Crippen LogP contribution is -2.33. The number of benzene rings is 2. The molecule has 0 bridgehead atoms. The van der Waals surface area contributed by atoms with Crippen LogP contribution in [0.4, 0.5) is 14.5 Å². The monoisotopic (exact) mass is 507 g/mol. The third-order valence-corrected chi connectivity index (χ3v) is 5.88. The molecule has 2 aromatic rings. The number of methoxy groups -OCH3 is 2. The summed E-state index contributed by atoms with van der Waals surface area (Å²) in [6, 6.07) is 13.3. The highest BCUT2D eigenvalue weighted by atomic mass is 19.3. The van der Waals surface area contributed by atoms with Gasteiger partial charge in [-0.05, 0) is 43.0 Å². The van der Waals surface area contributed by atoms with E-state index in [2.05, 4.69) is 10.6 Å². The molecule has 4 rings (SSSR count). The smallest absolute Gasteiger partial charge is 0.292 e. The molecule has 0 spiro atoms. The van der Waals surface area contributed by atoms with Gasteiger partial charge in [0.05, 0.1) is 26.2 Å². The normalized spacial score (nSPS) is 19.5. The Morgan fingerprint density at radius 3 is 2.31 bits per heavy atom. The Hall–Kier alpha value is -2.84. The number of fused-ring (bicyclic) bond motifs is 1. The van der Waals surface area contributed by atoms with E-state index in [9.17, 15) is 8.78 Å². The number of hydrogen-bond donors (Lipinski definition) is 2. The minimum Gasteiger partial charge on any atom is -0.497 e. The molecule has 2 aromatic carbocycles. The van der Waals surface area contributed by atoms with Crippen LogP contribution in [0.15, 0.2) is 48.5 Å². The largest absolute Gasteiger partial charge is 0.497 e. The van der Waals surface area contributed by atoms with E-state index in [1.54, 1.807) is 12.0 Å². The van der Waals surface area contributed by atoms with Crippen LogP contribution in [0.1, 0.15) is 46.3 Å². The summed E-state index contributed by atoms with van der Waals surface area (Å²) in [6.45, 7) is 9.09. The maximum Gasteiger partial charge on any atom is 0.292 e. The zero-order valence-corrected chi connectivity index (χ0v) is 22.5. The number of nitrogens with one attached hydrogen (secondary N) is 2. The molecule has 36 heavy (non-hydrogen) atoms. The highest BCUT2D eigenvalue weighted by molar-refractivity contribution is 5.81. The van der Waals surface area contributed by atoms with Crippen molar-refractivity contribution >= 4 is 11.4 Å². The van der Waals surface area contributed by atoms with Gasteiger partial charge in [0.15, 0.2) is 0 Å². The number of rotatable bonds is 8. The number of alkyl halides is 2. The van der Waals surface area contributed by atoms with Crippen LogP contribution in [0.3, 0.4) is 0 Å². The molecule has 0 saturated carbocycles. The van der Waals surface area contributed by atoms with E-state index in [0.717, 1.165) is 34.8 Å². The average Bonchev–Trinajstić information content (AvgIpc) is 3.24. The molecule has 202 valence electrons. The van der Waals surface area contributed by atoms with Crippen molar-refractivity contribution in [2.45, 2.75) is 45.8 Å². The van der Waals surface area contributed by atoms with Crippen LogP contribution in [0.2, 0.25) is 0 Å². The summed E-state index contributed by atoms with van der Waals surface area (Å²) in [5.74, 6) is -1.42. The summed E-state index contributed by atoms with van der Waals surface area (Å²) in [5, 5.41) is 6.55. The van der Waals surface area contributed by atoms with E-state index in [-0.39, 0.29) is 20.6 Å². The van der Waals surface area contributed by atoms with Crippen molar-refractivity contribution in [3.8, 4) is 11.5 Å². The van der Waals surface area contributed by atoms with Crippen molar-refractivity contribution < 1.29 is 24.4 Å². The summed E-state index contributed by atoms with van der Waals surface area (Å²) in [5.41, 5.74) is 3.47. The van der Waals surface area contributed by atoms with Gasteiger partial charge in [0.25, 0.3) is 5.92 Å². The Morgan fingerprint density at radius 2 is 1.72 bits per heavy atom. The molecule has 0 aliphatic carbocycles. The topological polar surface area (TPSA) is 55.0 Å². The van der Waals surface area contributed by atoms with E-state index in [1.807, 2.05) is 83.3 Å². The molecule has 2 heterocycles. The second-order valence-corrected chi connectivity index (χ2v) is 7.97. The average molecular weight is 508 g/mol. The van der Waals surface area contributed by atoms with Gasteiger partial charge >= 0.3 is 0 Å². The van der Waals surface area contributed by atoms with Crippen molar-refractivity contribution in [3.05, 3.63) is 59.7 Å². The lowest BCUT2D eigenvalue weighted by Gasteiger charge is -2.32. The Labute approximate surface area is 216 Å². The molecular formula is C28H43F2N3O3. The van der Waals surface area contributed by atoms with E-state index in [0.29, 0.717) is 12.4 Å². The van der Waals surface area contributed by atoms with E-state index in [1.165, 1.54) is 7.11 Å². The van der Waals surface area contributed by atoms with Crippen LogP contribution in [0, 0.1) is 0 Å². The van der Waals surface area contributed by atoms with Crippen LogP contribution in [-0.2, 0) is 4.74 Å². The number of halogens is 2. The maximum atomic E-state index is 14.5. The second-order valence-electron chi connectivity index (χ2n) is 7.97. The van der Waals surface area contributed by atoms with Gasteiger partial charge in [-0.1, -0.05) is 39.8 Å². The Kier molecular flexibility index (Phi) is 11.5. The molecule has 0 aromatic heterocycles. The number of anilines is 1. The fraction of sp³-hybridized carbons (Fsp3) is 0.500. The van der Waals surface area contributed by atoms with Crippen LogP contribution >= 0.6 is 0 Å². The van der Waals surface area contributed by atoms with Crippen molar-refractivity contribution in [2.24, 2.45) is 0 Å². The highest BCUT2D eigenvalue weighted by Gasteiger charge is 2.49. The molecule has 0 amide bonds. The lowest BCUT2D eigenvalue weighted by molar-refractivity contribution is -0.0896. The van der Waals surface area contributed by atoms with Gasteiger partial charge in [0.1, 0.15) is 24.2 Å². The number of hydrogen-bond acceptors (Lipinski definition) is 6. The van der Waals surface area contributed by atoms with E-state index in [4.69, 9.17) is 14.2 Å². The molecule has 1 saturated heterocycles. The maximum absolute atomic E-state index is 14.5. The Morgan fingerprint density at radius 1 is 1.06 bits per heavy atom. The van der Waals surface area contributed by atoms with Gasteiger partial charge in [0, 0.05) is 38.1 Å². The summed E-state index contributed by atoms with van der Waals surface area (Å²) in [4.78, 5) is 1.71. The van der Waals surface area contributed by atoms with Gasteiger partial charge in [-0.2, -0.15) is 0 Å². The number of likely N-dealkylation sites (tertiary alicyclic amines) is 1. The van der Waals surface area contributed by atoms with Crippen molar-refractivity contribution in [1.82, 2.24) is 10.2 Å². The lowest BCUT2D eigenvalue weighted by atomic mass is 9.96. The van der Waals surface area contributed by atoms with Crippen molar-refractivity contribution in [2.75, 3.05) is 52.8 Å². The molecule has 2 aliphatic rings. The Balaban J connectivity index is 0.00000131. The van der Waals surface area contributed by atoms with Gasteiger partial charge in [-0.25, -0.2) is 8.78 Å². The molecular weight excluding hydrogens is 464 g/mol. The zero-order valence-electron chi connectivity index (χ0n) is 22.5. The summed E-state index contributed by atoms with van der Waals surface area (Å²) in [7, 11) is 4.82. The SMILES string of the molecule is CC.CC.CNCCOc1ccc(C2C=C(N3C[C@@H](OC)C(F)(F)C3)c3ccc(OC)cc3N2)cc1.[HH]. The number of likely N-dealkylation sites (N-methyl/N-ethyl adjacent to an activating group) is 1. The first kappa shape index (κ1) is 29.4. The third-order valence-electron chi connectivity index (χ3n) is 5.88. The van der Waals surface area contributed by atoms with Crippen LogP contribution in [-0.4, -0.2) is 64.4 Å². The standard InChI is InChI=1S/C24H29F2N3O3.2C2H6.H2/c1-27-10-11-32-17-6-4-16(5-7-17)20-13-22(29-14-23(31-3)24(25,26)15-29)19-9-8-18(30-2)12-21(19)28-20;2*1-2;/h4-9,12-13,20,23,27-28H,10-11,14-15H2,1-3H3;2*1-2H3;1H/t20?,23-;;;/m1.../s1. The first-order valence-corrected chi connectivity index (χ1v) is 12.6. The first-order chi connectivity index (χ1) is 17.4. The van der Waals surface area contributed by atoms with Crippen LogP contribution < -0.4 is 20.1 Å². The fourth-order valence-corrected chi connectivity index (χ4v) is 4.13. The molecule has 1 fully saturated rings. The van der Waals surface area contributed by atoms with Gasteiger partial charge in [-0.15, -0.1) is 0 Å². The third kappa shape index (κ3) is 6.89. The van der Waals surface area contributed by atoms with Gasteiger partial charge < -0.3 is 29.7 Å². The second kappa shape index (κ2) is 14.0. The molecule has 0 radical (unpaired) electrons. The molecule has 2 N–H and O–H groups in total. The van der Waals surface area contributed by atoms with Crippen LogP contribution in [0.5, 0.6) is 11.5 Å². The molecule has 1 unspecified atom stereocenters. The van der Waals surface area contributed by atoms with E-state index < -0.39 is 12.0 Å².